The van der Waals surface area contributed by atoms with E-state index in [9.17, 15) is 5.11 Å². The van der Waals surface area contributed by atoms with Crippen molar-refractivity contribution in [2.45, 2.75) is 19.9 Å². The maximum atomic E-state index is 9.30. The molecule has 2 aromatic rings. The fraction of sp³-hybridized carbons (Fsp3) is 0.308. The minimum absolute atomic E-state index is 0.222. The van der Waals surface area contributed by atoms with E-state index in [1.54, 1.807) is 36.1 Å². The summed E-state index contributed by atoms with van der Waals surface area (Å²) < 4.78 is 7.10. The SMILES string of the molecule is CCc1nn(-c2ccc(O)cc2)c(OC)c1CN. The second kappa shape index (κ2) is 5.10. The van der Waals surface area contributed by atoms with Gasteiger partial charge < -0.3 is 15.6 Å². The zero-order chi connectivity index (χ0) is 13.1. The van der Waals surface area contributed by atoms with Crippen LogP contribution in [0.25, 0.3) is 5.69 Å². The lowest BCUT2D eigenvalue weighted by Crippen LogP contribution is -2.03. The van der Waals surface area contributed by atoms with E-state index in [-0.39, 0.29) is 5.75 Å². The van der Waals surface area contributed by atoms with Crippen LogP contribution in [0.1, 0.15) is 18.2 Å². The van der Waals surface area contributed by atoms with E-state index in [1.807, 2.05) is 6.92 Å². The van der Waals surface area contributed by atoms with Crippen LogP contribution in [0.4, 0.5) is 0 Å². The molecule has 0 aliphatic rings. The first-order valence-corrected chi connectivity index (χ1v) is 5.85. The summed E-state index contributed by atoms with van der Waals surface area (Å²) in [7, 11) is 1.60. The van der Waals surface area contributed by atoms with Gasteiger partial charge in [-0.05, 0) is 30.7 Å². The van der Waals surface area contributed by atoms with Crippen LogP contribution < -0.4 is 10.5 Å². The van der Waals surface area contributed by atoms with Crippen LogP contribution in [-0.2, 0) is 13.0 Å². The summed E-state index contributed by atoms with van der Waals surface area (Å²) >= 11 is 0. The highest BCUT2D eigenvalue weighted by molar-refractivity contribution is 5.43. The van der Waals surface area contributed by atoms with E-state index >= 15 is 0 Å². The molecule has 0 unspecified atom stereocenters. The Kier molecular flexibility index (Phi) is 3.53. The first kappa shape index (κ1) is 12.4. The molecule has 1 heterocycles. The number of aryl methyl sites for hydroxylation is 1. The van der Waals surface area contributed by atoms with E-state index in [2.05, 4.69) is 5.10 Å². The molecular formula is C13H17N3O2. The Hall–Kier alpha value is -2.01. The van der Waals surface area contributed by atoms with Gasteiger partial charge in [-0.25, -0.2) is 4.68 Å². The summed E-state index contributed by atoms with van der Waals surface area (Å²) in [5.41, 5.74) is 8.43. The number of benzene rings is 1. The van der Waals surface area contributed by atoms with Gasteiger partial charge in [0.2, 0.25) is 5.88 Å². The number of hydrogen-bond acceptors (Lipinski definition) is 4. The van der Waals surface area contributed by atoms with Gasteiger partial charge in [-0.3, -0.25) is 0 Å². The van der Waals surface area contributed by atoms with E-state index in [0.29, 0.717) is 12.4 Å². The second-order valence-corrected chi connectivity index (χ2v) is 3.92. The quantitative estimate of drug-likeness (QED) is 0.860. The molecule has 2 rings (SSSR count). The van der Waals surface area contributed by atoms with Gasteiger partial charge in [0.25, 0.3) is 0 Å². The highest BCUT2D eigenvalue weighted by atomic mass is 16.5. The number of nitrogens with zero attached hydrogens (tertiary/aromatic N) is 2. The molecule has 1 aromatic carbocycles. The Labute approximate surface area is 106 Å². The van der Waals surface area contributed by atoms with Crippen LogP contribution in [0.3, 0.4) is 0 Å². The van der Waals surface area contributed by atoms with Gasteiger partial charge in [0.05, 0.1) is 24.1 Å². The van der Waals surface area contributed by atoms with Gasteiger partial charge >= 0.3 is 0 Å². The highest BCUT2D eigenvalue weighted by Gasteiger charge is 2.17. The standard InChI is InChI=1S/C13H17N3O2/c1-3-12-11(8-14)13(18-2)16(15-12)9-4-6-10(17)7-5-9/h4-7,17H,3,8,14H2,1-2H3. The van der Waals surface area contributed by atoms with E-state index in [0.717, 1.165) is 23.4 Å². The molecule has 5 nitrogen and oxygen atoms in total. The number of methoxy groups -OCH3 is 1. The minimum atomic E-state index is 0.222. The Morgan fingerprint density at radius 2 is 2.00 bits per heavy atom. The first-order chi connectivity index (χ1) is 8.71. The zero-order valence-corrected chi connectivity index (χ0v) is 10.6. The van der Waals surface area contributed by atoms with Crippen LogP contribution in [0.2, 0.25) is 0 Å². The molecule has 0 aliphatic carbocycles. The van der Waals surface area contributed by atoms with E-state index in [1.165, 1.54) is 0 Å². The van der Waals surface area contributed by atoms with Crippen LogP contribution in [0.15, 0.2) is 24.3 Å². The lowest BCUT2D eigenvalue weighted by molar-refractivity contribution is 0.379. The maximum Gasteiger partial charge on any atom is 0.221 e. The highest BCUT2D eigenvalue weighted by Crippen LogP contribution is 2.26. The van der Waals surface area contributed by atoms with E-state index < -0.39 is 0 Å². The van der Waals surface area contributed by atoms with Crippen LogP contribution in [0.5, 0.6) is 11.6 Å². The van der Waals surface area contributed by atoms with Gasteiger partial charge in [0, 0.05) is 6.54 Å². The zero-order valence-electron chi connectivity index (χ0n) is 10.6. The third kappa shape index (κ3) is 2.04. The number of nitrogens with two attached hydrogens (primary N) is 1. The molecule has 0 saturated heterocycles. The second-order valence-electron chi connectivity index (χ2n) is 3.92. The molecule has 0 bridgehead atoms. The van der Waals surface area contributed by atoms with Crippen molar-refractivity contribution in [1.29, 1.82) is 0 Å². The Morgan fingerprint density at radius 3 is 2.50 bits per heavy atom. The summed E-state index contributed by atoms with van der Waals surface area (Å²) in [6.45, 7) is 2.42. The van der Waals surface area contributed by atoms with E-state index in [4.69, 9.17) is 10.5 Å². The summed E-state index contributed by atoms with van der Waals surface area (Å²) in [5.74, 6) is 0.875. The molecule has 0 amide bonds. The topological polar surface area (TPSA) is 73.3 Å². The minimum Gasteiger partial charge on any atom is -0.508 e. The summed E-state index contributed by atoms with van der Waals surface area (Å²) in [5, 5.41) is 13.8. The number of phenolic OH excluding ortho intramolecular Hbond substituents is 1. The predicted octanol–water partition coefficient (Wildman–Crippen LogP) is 1.61. The molecule has 0 aliphatic heterocycles. The summed E-state index contributed by atoms with van der Waals surface area (Å²) in [6.07, 6.45) is 0.800. The Balaban J connectivity index is 2.56. The number of rotatable bonds is 4. The van der Waals surface area contributed by atoms with Crippen LogP contribution in [0, 0.1) is 0 Å². The predicted molar refractivity (Wildman–Crippen MR) is 69.1 cm³/mol. The lowest BCUT2D eigenvalue weighted by Gasteiger charge is -2.07. The van der Waals surface area contributed by atoms with Crippen LogP contribution in [-0.4, -0.2) is 22.0 Å². The molecule has 18 heavy (non-hydrogen) atoms. The monoisotopic (exact) mass is 247 g/mol. The van der Waals surface area contributed by atoms with Crippen molar-refractivity contribution in [3.05, 3.63) is 35.5 Å². The average Bonchev–Trinajstić information content (AvgIpc) is 2.77. The van der Waals surface area contributed by atoms with Crippen molar-refractivity contribution in [3.8, 4) is 17.3 Å². The molecule has 0 spiro atoms. The number of phenols is 1. The van der Waals surface area contributed by atoms with Crippen molar-refractivity contribution in [3.63, 3.8) is 0 Å². The van der Waals surface area contributed by atoms with Crippen molar-refractivity contribution < 1.29 is 9.84 Å². The van der Waals surface area contributed by atoms with Gasteiger partial charge in [-0.2, -0.15) is 5.10 Å². The Morgan fingerprint density at radius 1 is 1.33 bits per heavy atom. The van der Waals surface area contributed by atoms with Crippen molar-refractivity contribution in [1.82, 2.24) is 9.78 Å². The van der Waals surface area contributed by atoms with Crippen molar-refractivity contribution in [2.75, 3.05) is 7.11 Å². The van der Waals surface area contributed by atoms with Gasteiger partial charge in [0.1, 0.15) is 5.75 Å². The number of hydrogen-bond donors (Lipinski definition) is 2. The normalized spacial score (nSPS) is 10.6. The maximum absolute atomic E-state index is 9.30. The fourth-order valence-electron chi connectivity index (χ4n) is 1.95. The van der Waals surface area contributed by atoms with Crippen LogP contribution >= 0.6 is 0 Å². The largest absolute Gasteiger partial charge is 0.508 e. The third-order valence-corrected chi connectivity index (χ3v) is 2.85. The summed E-state index contributed by atoms with van der Waals surface area (Å²) in [4.78, 5) is 0. The molecule has 96 valence electrons. The lowest BCUT2D eigenvalue weighted by atomic mass is 10.2. The van der Waals surface area contributed by atoms with Gasteiger partial charge in [-0.1, -0.05) is 6.92 Å². The number of aromatic nitrogens is 2. The fourth-order valence-corrected chi connectivity index (χ4v) is 1.95. The molecule has 5 heteroatoms. The van der Waals surface area contributed by atoms with Gasteiger partial charge in [0.15, 0.2) is 0 Å². The number of aromatic hydroxyl groups is 1. The molecule has 1 aromatic heterocycles. The smallest absolute Gasteiger partial charge is 0.221 e. The third-order valence-electron chi connectivity index (χ3n) is 2.85. The molecular weight excluding hydrogens is 230 g/mol. The molecule has 0 radical (unpaired) electrons. The molecule has 0 saturated carbocycles. The number of ether oxygens (including phenoxy) is 1. The first-order valence-electron chi connectivity index (χ1n) is 5.85. The summed E-state index contributed by atoms with van der Waals surface area (Å²) in [6, 6.07) is 6.80. The average molecular weight is 247 g/mol. The van der Waals surface area contributed by atoms with Gasteiger partial charge in [-0.15, -0.1) is 0 Å². The molecule has 0 atom stereocenters. The molecule has 3 N–H and O–H groups in total. The van der Waals surface area contributed by atoms with Crippen molar-refractivity contribution >= 4 is 0 Å². The Bertz CT molecular complexity index is 532. The molecule has 0 fully saturated rings. The van der Waals surface area contributed by atoms with Crippen molar-refractivity contribution in [2.24, 2.45) is 5.73 Å².